The van der Waals surface area contributed by atoms with Crippen molar-refractivity contribution in [1.29, 1.82) is 0 Å². The van der Waals surface area contributed by atoms with E-state index in [1.165, 1.54) is 11.4 Å². The second-order valence-electron chi connectivity index (χ2n) is 9.56. The first-order valence-electron chi connectivity index (χ1n) is 13.1. The van der Waals surface area contributed by atoms with Crippen molar-refractivity contribution in [1.82, 2.24) is 14.5 Å². The molecule has 9 heteroatoms. The number of aromatic nitrogens is 3. The van der Waals surface area contributed by atoms with Crippen molar-refractivity contribution >= 4 is 33.0 Å². The minimum atomic E-state index is -3.78. The van der Waals surface area contributed by atoms with Gasteiger partial charge in [-0.2, -0.15) is 0 Å². The average molecular weight is 555 g/mol. The molecule has 0 aliphatic carbocycles. The van der Waals surface area contributed by atoms with Crippen molar-refractivity contribution in [3.8, 4) is 11.1 Å². The number of benzene rings is 3. The Kier molecular flexibility index (Phi) is 7.66. The molecule has 0 amide bonds. The summed E-state index contributed by atoms with van der Waals surface area (Å²) >= 11 is 0. The number of nitrogens with zero attached hydrogens (tertiary/aromatic N) is 4. The Bertz CT molecular complexity index is 1760. The van der Waals surface area contributed by atoms with Crippen LogP contribution in [-0.4, -0.2) is 41.1 Å². The fourth-order valence-corrected chi connectivity index (χ4v) is 5.84. The van der Waals surface area contributed by atoms with E-state index in [1.807, 2.05) is 41.0 Å². The molecule has 3 aromatic carbocycles. The Hall–Kier alpha value is -4.50. The molecule has 5 rings (SSSR count). The molecule has 0 bridgehead atoms. The lowest BCUT2D eigenvalue weighted by Gasteiger charge is -2.18. The maximum Gasteiger partial charge on any atom is 0.336 e. The largest absolute Gasteiger partial charge is 0.478 e. The minimum absolute atomic E-state index is 0.195. The molecule has 2 heterocycles. The minimum Gasteiger partial charge on any atom is -0.478 e. The van der Waals surface area contributed by atoms with Crippen LogP contribution in [0.3, 0.4) is 0 Å². The molecule has 0 aliphatic rings. The van der Waals surface area contributed by atoms with Crippen LogP contribution in [0.4, 0.5) is 5.82 Å². The fraction of sp³-hybridized carbons (Fsp3) is 0.194. The van der Waals surface area contributed by atoms with Crippen molar-refractivity contribution in [3.63, 3.8) is 0 Å². The number of aryl methyl sites for hydroxylation is 1. The van der Waals surface area contributed by atoms with Crippen LogP contribution in [0.1, 0.15) is 41.5 Å². The van der Waals surface area contributed by atoms with Gasteiger partial charge in [-0.25, -0.2) is 23.2 Å². The Morgan fingerprint density at radius 1 is 0.900 bits per heavy atom. The van der Waals surface area contributed by atoms with E-state index in [0.717, 1.165) is 36.2 Å². The average Bonchev–Trinajstić information content (AvgIpc) is 3.32. The number of sulfonamides is 1. The van der Waals surface area contributed by atoms with E-state index in [-0.39, 0.29) is 10.5 Å². The van der Waals surface area contributed by atoms with E-state index < -0.39 is 16.0 Å². The molecule has 0 saturated carbocycles. The monoisotopic (exact) mass is 554 g/mol. The van der Waals surface area contributed by atoms with Crippen LogP contribution in [0.25, 0.3) is 22.3 Å². The standard InChI is InChI=1S/C31H30N4O4S/c1-3-4-14-29-32-27-19-20-28(34(2)40(38,39)24-10-6-5-7-11-24)33-30(27)35(29)21-22-15-17-23(18-16-22)25-12-8-9-13-26(25)31(36)37/h5-13,15-20H,3-4,14,21H2,1-2H3,(H,36,37). The van der Waals surface area contributed by atoms with Gasteiger partial charge in [0.25, 0.3) is 10.0 Å². The molecule has 0 unspecified atom stereocenters. The Labute approximate surface area is 233 Å². The van der Waals surface area contributed by atoms with E-state index in [2.05, 4.69) is 6.92 Å². The predicted octanol–water partition coefficient (Wildman–Crippen LogP) is 6.01. The lowest BCUT2D eigenvalue weighted by molar-refractivity contribution is 0.0697. The SMILES string of the molecule is CCCCc1nc2ccc(N(C)S(=O)(=O)c3ccccc3)nc2n1Cc1ccc(-c2ccccc2C(=O)O)cc1. The van der Waals surface area contributed by atoms with Crippen LogP contribution in [-0.2, 0) is 23.0 Å². The maximum atomic E-state index is 13.2. The highest BCUT2D eigenvalue weighted by molar-refractivity contribution is 7.92. The quantitative estimate of drug-likeness (QED) is 0.227. The van der Waals surface area contributed by atoms with Crippen LogP contribution in [0.15, 0.2) is 95.9 Å². The molecule has 8 nitrogen and oxygen atoms in total. The molecule has 0 radical (unpaired) electrons. The first-order valence-corrected chi connectivity index (χ1v) is 14.6. The van der Waals surface area contributed by atoms with Crippen LogP contribution in [0.5, 0.6) is 0 Å². The normalized spacial score (nSPS) is 11.6. The number of pyridine rings is 1. The van der Waals surface area contributed by atoms with Gasteiger partial charge >= 0.3 is 5.97 Å². The van der Waals surface area contributed by atoms with Gasteiger partial charge in [-0.15, -0.1) is 0 Å². The third-order valence-corrected chi connectivity index (χ3v) is 8.67. The highest BCUT2D eigenvalue weighted by Crippen LogP contribution is 2.27. The van der Waals surface area contributed by atoms with Crippen molar-refractivity contribution < 1.29 is 18.3 Å². The maximum absolute atomic E-state index is 13.2. The van der Waals surface area contributed by atoms with E-state index in [9.17, 15) is 18.3 Å². The number of rotatable bonds is 10. The fourth-order valence-electron chi connectivity index (χ4n) is 4.67. The van der Waals surface area contributed by atoms with Crippen molar-refractivity contribution in [2.45, 2.75) is 37.6 Å². The zero-order chi connectivity index (χ0) is 28.3. The number of hydrogen-bond donors (Lipinski definition) is 1. The van der Waals surface area contributed by atoms with Crippen LogP contribution < -0.4 is 4.31 Å². The number of imidazole rings is 1. The van der Waals surface area contributed by atoms with Crippen molar-refractivity contribution in [2.24, 2.45) is 0 Å². The lowest BCUT2D eigenvalue weighted by atomic mass is 9.99. The summed E-state index contributed by atoms with van der Waals surface area (Å²) in [6.45, 7) is 2.61. The molecule has 0 fully saturated rings. The number of carboxylic acid groups (broad SMARTS) is 1. The number of carboxylic acids is 1. The molecule has 0 atom stereocenters. The van der Waals surface area contributed by atoms with Gasteiger partial charge in [0.1, 0.15) is 17.2 Å². The van der Waals surface area contributed by atoms with Gasteiger partial charge < -0.3 is 9.67 Å². The molecule has 204 valence electrons. The van der Waals surface area contributed by atoms with Gasteiger partial charge in [-0.05, 0) is 53.4 Å². The van der Waals surface area contributed by atoms with Gasteiger partial charge in [0.05, 0.1) is 17.0 Å². The van der Waals surface area contributed by atoms with E-state index in [0.29, 0.717) is 29.1 Å². The summed E-state index contributed by atoms with van der Waals surface area (Å²) in [5.74, 6) is 0.224. The topological polar surface area (TPSA) is 105 Å². The zero-order valence-electron chi connectivity index (χ0n) is 22.4. The Morgan fingerprint density at radius 3 is 2.30 bits per heavy atom. The van der Waals surface area contributed by atoms with E-state index in [4.69, 9.17) is 9.97 Å². The molecule has 0 spiro atoms. The predicted molar refractivity (Wildman–Crippen MR) is 156 cm³/mol. The smallest absolute Gasteiger partial charge is 0.336 e. The number of fused-ring (bicyclic) bond motifs is 1. The third-order valence-electron chi connectivity index (χ3n) is 6.90. The summed E-state index contributed by atoms with van der Waals surface area (Å²) in [5, 5.41) is 9.57. The van der Waals surface area contributed by atoms with Gasteiger partial charge in [-0.3, -0.25) is 4.31 Å². The first-order chi connectivity index (χ1) is 19.3. The molecule has 5 aromatic rings. The molecular formula is C31H30N4O4S. The third kappa shape index (κ3) is 5.33. The molecule has 40 heavy (non-hydrogen) atoms. The summed E-state index contributed by atoms with van der Waals surface area (Å²) in [7, 11) is -2.28. The second kappa shape index (κ2) is 11.3. The van der Waals surface area contributed by atoms with Crippen LogP contribution in [0, 0.1) is 0 Å². The number of anilines is 1. The van der Waals surface area contributed by atoms with Gasteiger partial charge in [-0.1, -0.05) is 74.0 Å². The summed E-state index contributed by atoms with van der Waals surface area (Å²) in [6, 6.07) is 26.5. The number of aromatic carboxylic acids is 1. The first kappa shape index (κ1) is 27.1. The molecule has 1 N–H and O–H groups in total. The summed E-state index contributed by atoms with van der Waals surface area (Å²) in [5.41, 5.74) is 4.03. The van der Waals surface area contributed by atoms with E-state index >= 15 is 0 Å². The second-order valence-corrected chi connectivity index (χ2v) is 11.5. The van der Waals surface area contributed by atoms with Crippen LogP contribution >= 0.6 is 0 Å². The number of carbonyl (C=O) groups is 1. The van der Waals surface area contributed by atoms with E-state index in [1.54, 1.807) is 54.6 Å². The summed E-state index contributed by atoms with van der Waals surface area (Å²) < 4.78 is 29.7. The molecule has 2 aromatic heterocycles. The van der Waals surface area contributed by atoms with Crippen molar-refractivity contribution in [3.05, 3.63) is 108 Å². The van der Waals surface area contributed by atoms with Gasteiger partial charge in [0, 0.05) is 13.5 Å². The Balaban J connectivity index is 1.51. The number of unbranched alkanes of at least 4 members (excludes halogenated alkanes) is 1. The van der Waals surface area contributed by atoms with Gasteiger partial charge in [0.2, 0.25) is 0 Å². The van der Waals surface area contributed by atoms with Crippen LogP contribution in [0.2, 0.25) is 0 Å². The molecular weight excluding hydrogens is 524 g/mol. The summed E-state index contributed by atoms with van der Waals surface area (Å²) in [6.07, 6.45) is 2.74. The number of hydrogen-bond acceptors (Lipinski definition) is 5. The van der Waals surface area contributed by atoms with Crippen molar-refractivity contribution in [2.75, 3.05) is 11.4 Å². The van der Waals surface area contributed by atoms with Gasteiger partial charge in [0.15, 0.2) is 5.65 Å². The lowest BCUT2D eigenvalue weighted by Crippen LogP contribution is -2.27. The summed E-state index contributed by atoms with van der Waals surface area (Å²) in [4.78, 5) is 21.5. The molecule has 0 aliphatic heterocycles. The highest BCUT2D eigenvalue weighted by Gasteiger charge is 2.23. The molecule has 0 saturated heterocycles. The Morgan fingerprint density at radius 2 is 1.60 bits per heavy atom. The zero-order valence-corrected chi connectivity index (χ0v) is 23.2. The highest BCUT2D eigenvalue weighted by atomic mass is 32.2.